The molecule has 0 bridgehead atoms. The van der Waals surface area contributed by atoms with Gasteiger partial charge in [-0.15, -0.1) is 0 Å². The average molecular weight is 210 g/mol. The zero-order valence-corrected chi connectivity index (χ0v) is 9.49. The molecule has 0 aromatic carbocycles. The summed E-state index contributed by atoms with van der Waals surface area (Å²) >= 11 is 0. The molecule has 84 valence electrons. The van der Waals surface area contributed by atoms with Gasteiger partial charge in [0.05, 0.1) is 18.3 Å². The summed E-state index contributed by atoms with van der Waals surface area (Å²) in [4.78, 5) is 4.28. The fraction of sp³-hybridized carbons (Fsp3) is 0.727. The highest BCUT2D eigenvalue weighted by molar-refractivity contribution is 5.07. The Balaban J connectivity index is 2.12. The Morgan fingerprint density at radius 2 is 2.40 bits per heavy atom. The molecule has 1 fully saturated rings. The van der Waals surface area contributed by atoms with Gasteiger partial charge in [0.15, 0.2) is 0 Å². The molecule has 0 aliphatic carbocycles. The van der Waals surface area contributed by atoms with Gasteiger partial charge < -0.3 is 14.5 Å². The minimum absolute atomic E-state index is 0.163. The number of oxazole rings is 1. The van der Waals surface area contributed by atoms with Crippen LogP contribution < -0.4 is 5.32 Å². The summed E-state index contributed by atoms with van der Waals surface area (Å²) < 4.78 is 11.2. The second-order valence-corrected chi connectivity index (χ2v) is 4.08. The Bertz CT molecular complexity index is 324. The van der Waals surface area contributed by atoms with E-state index in [4.69, 9.17) is 9.15 Å². The van der Waals surface area contributed by atoms with Gasteiger partial charge in [0, 0.05) is 12.5 Å². The molecule has 3 atom stereocenters. The number of nitrogens with zero attached hydrogens (tertiary/aromatic N) is 1. The van der Waals surface area contributed by atoms with Gasteiger partial charge in [0.2, 0.25) is 5.89 Å². The summed E-state index contributed by atoms with van der Waals surface area (Å²) in [5.41, 5.74) is 0. The summed E-state index contributed by atoms with van der Waals surface area (Å²) in [6.45, 7) is 4.94. The third kappa shape index (κ3) is 2.06. The van der Waals surface area contributed by atoms with Crippen molar-refractivity contribution in [3.05, 3.63) is 17.8 Å². The van der Waals surface area contributed by atoms with Gasteiger partial charge in [-0.1, -0.05) is 0 Å². The van der Waals surface area contributed by atoms with Gasteiger partial charge >= 0.3 is 0 Å². The van der Waals surface area contributed by atoms with Crippen molar-refractivity contribution in [1.82, 2.24) is 10.3 Å². The van der Waals surface area contributed by atoms with Gasteiger partial charge in [-0.2, -0.15) is 0 Å². The van der Waals surface area contributed by atoms with Crippen molar-refractivity contribution in [3.63, 3.8) is 0 Å². The second kappa shape index (κ2) is 4.33. The number of nitrogens with one attached hydrogen (secondary N) is 1. The smallest absolute Gasteiger partial charge is 0.211 e. The van der Waals surface area contributed by atoms with Crippen LogP contribution in [0.2, 0.25) is 0 Å². The Morgan fingerprint density at radius 3 is 3.00 bits per heavy atom. The second-order valence-electron chi connectivity index (χ2n) is 4.08. The van der Waals surface area contributed by atoms with E-state index in [-0.39, 0.29) is 12.1 Å². The molecule has 1 saturated heterocycles. The van der Waals surface area contributed by atoms with Crippen LogP contribution in [-0.4, -0.2) is 24.7 Å². The zero-order valence-electron chi connectivity index (χ0n) is 9.49. The molecule has 0 radical (unpaired) electrons. The first kappa shape index (κ1) is 10.6. The summed E-state index contributed by atoms with van der Waals surface area (Å²) in [6, 6.07) is 0.163. The van der Waals surface area contributed by atoms with Gasteiger partial charge in [-0.05, 0) is 27.3 Å². The van der Waals surface area contributed by atoms with Crippen molar-refractivity contribution >= 4 is 0 Å². The lowest BCUT2D eigenvalue weighted by atomic mass is 10.0. The predicted octanol–water partition coefficient (Wildman–Crippen LogP) is 1.85. The van der Waals surface area contributed by atoms with Crippen molar-refractivity contribution in [2.45, 2.75) is 38.3 Å². The van der Waals surface area contributed by atoms with E-state index in [2.05, 4.69) is 17.2 Å². The Kier molecular flexibility index (Phi) is 3.07. The maximum Gasteiger partial charge on any atom is 0.211 e. The van der Waals surface area contributed by atoms with Crippen LogP contribution in [0.4, 0.5) is 0 Å². The van der Waals surface area contributed by atoms with Crippen LogP contribution in [-0.2, 0) is 4.74 Å². The Hall–Kier alpha value is -0.870. The lowest BCUT2D eigenvalue weighted by Crippen LogP contribution is -2.12. The molecule has 1 aliphatic rings. The molecule has 1 N–H and O–H groups in total. The van der Waals surface area contributed by atoms with Gasteiger partial charge in [-0.25, -0.2) is 4.98 Å². The van der Waals surface area contributed by atoms with E-state index < -0.39 is 0 Å². The standard InChI is InChI=1S/C11H18N2O2/c1-7(12-3)11-13-6-10(15-11)9-4-5-14-8(9)2/h6-9,12H,4-5H2,1-3H3. The van der Waals surface area contributed by atoms with Crippen LogP contribution in [0.15, 0.2) is 10.6 Å². The maximum atomic E-state index is 5.74. The predicted molar refractivity (Wildman–Crippen MR) is 56.7 cm³/mol. The normalized spacial score (nSPS) is 28.2. The van der Waals surface area contributed by atoms with E-state index >= 15 is 0 Å². The van der Waals surface area contributed by atoms with Crippen LogP contribution in [0.1, 0.15) is 43.9 Å². The molecule has 2 rings (SSSR count). The van der Waals surface area contributed by atoms with Crippen molar-refractivity contribution in [2.75, 3.05) is 13.7 Å². The fourth-order valence-corrected chi connectivity index (χ4v) is 1.90. The molecule has 0 amide bonds. The van der Waals surface area contributed by atoms with E-state index in [1.165, 1.54) is 0 Å². The quantitative estimate of drug-likeness (QED) is 0.827. The Morgan fingerprint density at radius 1 is 1.60 bits per heavy atom. The monoisotopic (exact) mass is 210 g/mol. The van der Waals surface area contributed by atoms with Gasteiger partial charge in [0.1, 0.15) is 5.76 Å². The van der Waals surface area contributed by atoms with Crippen LogP contribution in [0.25, 0.3) is 0 Å². The SMILES string of the molecule is CNC(C)c1ncc(C2CCOC2C)o1. The van der Waals surface area contributed by atoms with Crippen molar-refractivity contribution in [1.29, 1.82) is 0 Å². The zero-order chi connectivity index (χ0) is 10.8. The van der Waals surface area contributed by atoms with Gasteiger partial charge in [-0.3, -0.25) is 0 Å². The maximum absolute atomic E-state index is 5.74. The van der Waals surface area contributed by atoms with Gasteiger partial charge in [0.25, 0.3) is 0 Å². The fourth-order valence-electron chi connectivity index (χ4n) is 1.90. The lowest BCUT2D eigenvalue weighted by molar-refractivity contribution is 0.115. The number of hydrogen-bond acceptors (Lipinski definition) is 4. The molecule has 3 unspecified atom stereocenters. The highest BCUT2D eigenvalue weighted by atomic mass is 16.5. The molecule has 1 aromatic rings. The van der Waals surface area contributed by atoms with Crippen molar-refractivity contribution in [2.24, 2.45) is 0 Å². The topological polar surface area (TPSA) is 47.3 Å². The number of ether oxygens (including phenoxy) is 1. The summed E-state index contributed by atoms with van der Waals surface area (Å²) in [5.74, 6) is 2.08. The molecule has 4 nitrogen and oxygen atoms in total. The van der Waals surface area contributed by atoms with Crippen LogP contribution in [0.5, 0.6) is 0 Å². The highest BCUT2D eigenvalue weighted by Crippen LogP contribution is 2.32. The highest BCUT2D eigenvalue weighted by Gasteiger charge is 2.29. The van der Waals surface area contributed by atoms with E-state index in [1.807, 2.05) is 20.2 Å². The first-order chi connectivity index (χ1) is 7.22. The first-order valence-electron chi connectivity index (χ1n) is 5.47. The average Bonchev–Trinajstić information content (AvgIpc) is 2.84. The molecule has 0 saturated carbocycles. The van der Waals surface area contributed by atoms with Crippen molar-refractivity contribution < 1.29 is 9.15 Å². The molecular weight excluding hydrogens is 192 g/mol. The molecule has 15 heavy (non-hydrogen) atoms. The first-order valence-corrected chi connectivity index (χ1v) is 5.47. The molecule has 0 spiro atoms. The molecule has 1 aliphatic heterocycles. The van der Waals surface area contributed by atoms with E-state index in [9.17, 15) is 0 Å². The molecule has 1 aromatic heterocycles. The number of aromatic nitrogens is 1. The third-order valence-electron chi connectivity index (χ3n) is 3.09. The van der Waals surface area contributed by atoms with Crippen molar-refractivity contribution in [3.8, 4) is 0 Å². The van der Waals surface area contributed by atoms with E-state index in [1.54, 1.807) is 0 Å². The third-order valence-corrected chi connectivity index (χ3v) is 3.09. The molecule has 2 heterocycles. The van der Waals surface area contributed by atoms with Crippen LogP contribution in [0.3, 0.4) is 0 Å². The number of hydrogen-bond donors (Lipinski definition) is 1. The molecule has 4 heteroatoms. The molecular formula is C11H18N2O2. The Labute approximate surface area is 90.0 Å². The number of rotatable bonds is 3. The lowest BCUT2D eigenvalue weighted by Gasteiger charge is -2.10. The minimum atomic E-state index is 0.163. The summed E-state index contributed by atoms with van der Waals surface area (Å²) in [7, 11) is 1.90. The van der Waals surface area contributed by atoms with Crippen LogP contribution in [0, 0.1) is 0 Å². The largest absolute Gasteiger partial charge is 0.444 e. The van der Waals surface area contributed by atoms with E-state index in [0.717, 1.165) is 24.7 Å². The minimum Gasteiger partial charge on any atom is -0.444 e. The van der Waals surface area contributed by atoms with Crippen LogP contribution >= 0.6 is 0 Å². The van der Waals surface area contributed by atoms with E-state index in [0.29, 0.717) is 5.92 Å². The summed E-state index contributed by atoms with van der Waals surface area (Å²) in [5, 5.41) is 3.11. The summed E-state index contributed by atoms with van der Waals surface area (Å²) in [6.07, 6.45) is 3.11.